The summed E-state index contributed by atoms with van der Waals surface area (Å²) in [7, 11) is 5.84. The van der Waals surface area contributed by atoms with Gasteiger partial charge < -0.3 is 19.5 Å². The molecule has 5 nitrogen and oxygen atoms in total. The summed E-state index contributed by atoms with van der Waals surface area (Å²) in [6.07, 6.45) is 2.07. The highest BCUT2D eigenvalue weighted by Crippen LogP contribution is 2.07. The first-order chi connectivity index (χ1) is 7.63. The molecule has 92 valence electrons. The maximum Gasteiger partial charge on any atom is 0.203 e. The topological polar surface area (TPSA) is 42.3 Å². The van der Waals surface area contributed by atoms with Crippen molar-refractivity contribution in [3.05, 3.63) is 11.9 Å². The molecule has 16 heavy (non-hydrogen) atoms. The molecule has 0 aliphatic rings. The fourth-order valence-corrected chi connectivity index (χ4v) is 1.43. The Balaban J connectivity index is 2.53. The first-order valence-corrected chi connectivity index (χ1v) is 5.55. The lowest BCUT2D eigenvalue weighted by Gasteiger charge is -2.12. The van der Waals surface area contributed by atoms with Gasteiger partial charge in [-0.05, 0) is 21.0 Å². The van der Waals surface area contributed by atoms with E-state index in [1.54, 1.807) is 7.11 Å². The van der Waals surface area contributed by atoms with Crippen LogP contribution in [0.25, 0.3) is 0 Å². The highest BCUT2D eigenvalue weighted by molar-refractivity contribution is 5.28. The molecule has 0 saturated heterocycles. The molecule has 0 fully saturated rings. The zero-order valence-corrected chi connectivity index (χ0v) is 10.7. The molecule has 1 heterocycles. The number of rotatable bonds is 7. The minimum atomic E-state index is 0.694. The molecule has 0 saturated carbocycles. The minimum Gasteiger partial charge on any atom is -0.383 e. The first kappa shape index (κ1) is 13.0. The fraction of sp³-hybridized carbons (Fsp3) is 0.727. The van der Waals surface area contributed by atoms with Gasteiger partial charge >= 0.3 is 0 Å². The number of nitrogens with one attached hydrogen (secondary N) is 1. The largest absolute Gasteiger partial charge is 0.383 e. The summed E-state index contributed by atoms with van der Waals surface area (Å²) in [5.41, 5.74) is 1.04. The van der Waals surface area contributed by atoms with Crippen LogP contribution in [0.15, 0.2) is 6.20 Å². The molecule has 0 unspecified atom stereocenters. The highest BCUT2D eigenvalue weighted by atomic mass is 16.5. The second-order valence-electron chi connectivity index (χ2n) is 4.12. The molecule has 0 aromatic carbocycles. The number of likely N-dealkylation sites (N-methyl/N-ethyl adjacent to an activating group) is 1. The Bertz CT molecular complexity index is 309. The Morgan fingerprint density at radius 2 is 2.25 bits per heavy atom. The maximum atomic E-state index is 5.00. The first-order valence-electron chi connectivity index (χ1n) is 5.55. The minimum absolute atomic E-state index is 0.694. The lowest BCUT2D eigenvalue weighted by molar-refractivity contribution is 0.210. The Morgan fingerprint density at radius 1 is 1.50 bits per heavy atom. The van der Waals surface area contributed by atoms with Gasteiger partial charge in [-0.1, -0.05) is 0 Å². The molecule has 0 aliphatic carbocycles. The summed E-state index contributed by atoms with van der Waals surface area (Å²) < 4.78 is 7.14. The monoisotopic (exact) mass is 226 g/mol. The van der Waals surface area contributed by atoms with E-state index in [9.17, 15) is 0 Å². The van der Waals surface area contributed by atoms with Gasteiger partial charge in [0.25, 0.3) is 0 Å². The van der Waals surface area contributed by atoms with Crippen molar-refractivity contribution in [3.8, 4) is 0 Å². The maximum absolute atomic E-state index is 5.00. The average molecular weight is 226 g/mol. The second kappa shape index (κ2) is 6.50. The fourth-order valence-electron chi connectivity index (χ4n) is 1.43. The van der Waals surface area contributed by atoms with E-state index in [1.807, 2.05) is 6.92 Å². The van der Waals surface area contributed by atoms with Crippen LogP contribution in [0.5, 0.6) is 0 Å². The summed E-state index contributed by atoms with van der Waals surface area (Å²) in [6, 6.07) is 0. The highest BCUT2D eigenvalue weighted by Gasteiger charge is 2.04. The Hall–Kier alpha value is -1.07. The van der Waals surface area contributed by atoms with Gasteiger partial charge in [-0.2, -0.15) is 0 Å². The van der Waals surface area contributed by atoms with Crippen molar-refractivity contribution >= 4 is 5.95 Å². The van der Waals surface area contributed by atoms with E-state index in [0.717, 1.165) is 31.3 Å². The van der Waals surface area contributed by atoms with Crippen LogP contribution in [0.1, 0.15) is 5.69 Å². The van der Waals surface area contributed by atoms with Crippen molar-refractivity contribution in [1.82, 2.24) is 14.5 Å². The van der Waals surface area contributed by atoms with Crippen LogP contribution < -0.4 is 5.32 Å². The number of ether oxygens (including phenoxy) is 1. The van der Waals surface area contributed by atoms with Crippen LogP contribution in [0.4, 0.5) is 5.95 Å². The third-order valence-corrected chi connectivity index (χ3v) is 2.27. The Morgan fingerprint density at radius 3 is 2.88 bits per heavy atom. The van der Waals surface area contributed by atoms with E-state index >= 15 is 0 Å². The average Bonchev–Trinajstić information content (AvgIpc) is 2.56. The molecule has 1 aromatic heterocycles. The van der Waals surface area contributed by atoms with Crippen molar-refractivity contribution in [2.75, 3.05) is 46.2 Å². The molecule has 5 heteroatoms. The number of imidazole rings is 1. The Labute approximate surface area is 97.4 Å². The van der Waals surface area contributed by atoms with E-state index in [0.29, 0.717) is 6.61 Å². The van der Waals surface area contributed by atoms with E-state index in [4.69, 9.17) is 4.74 Å². The lowest BCUT2D eigenvalue weighted by Crippen LogP contribution is -2.20. The van der Waals surface area contributed by atoms with Crippen LogP contribution in [-0.4, -0.2) is 55.4 Å². The van der Waals surface area contributed by atoms with E-state index in [1.165, 1.54) is 0 Å². The van der Waals surface area contributed by atoms with Gasteiger partial charge in [-0.3, -0.25) is 0 Å². The summed E-state index contributed by atoms with van der Waals surface area (Å²) in [5, 5.41) is 3.27. The van der Waals surface area contributed by atoms with Gasteiger partial charge in [-0.15, -0.1) is 0 Å². The van der Waals surface area contributed by atoms with Gasteiger partial charge in [-0.25, -0.2) is 4.98 Å². The lowest BCUT2D eigenvalue weighted by atomic mass is 10.5. The third-order valence-electron chi connectivity index (χ3n) is 2.27. The number of methoxy groups -OCH3 is 1. The standard InChI is InChI=1S/C11H22N4O/c1-10-9-15(7-6-14(2)3)11(13-10)12-5-8-16-4/h9H,5-8H2,1-4H3,(H,12,13). The van der Waals surface area contributed by atoms with Crippen LogP contribution in [-0.2, 0) is 11.3 Å². The molecule has 0 radical (unpaired) electrons. The van der Waals surface area contributed by atoms with Crippen molar-refractivity contribution < 1.29 is 4.74 Å². The predicted octanol–water partition coefficient (Wildman–Crippen LogP) is 0.811. The van der Waals surface area contributed by atoms with E-state index < -0.39 is 0 Å². The molecule has 1 N–H and O–H groups in total. The van der Waals surface area contributed by atoms with Gasteiger partial charge in [0.15, 0.2) is 0 Å². The molecule has 0 bridgehead atoms. The van der Waals surface area contributed by atoms with E-state index in [2.05, 4.69) is 40.1 Å². The number of hydrogen-bond donors (Lipinski definition) is 1. The van der Waals surface area contributed by atoms with Crippen molar-refractivity contribution in [2.24, 2.45) is 0 Å². The molecule has 1 aromatic rings. The molecule has 0 amide bonds. The second-order valence-corrected chi connectivity index (χ2v) is 4.12. The summed E-state index contributed by atoms with van der Waals surface area (Å²) in [6.45, 7) is 5.44. The SMILES string of the molecule is COCCNc1nc(C)cn1CCN(C)C. The normalized spacial score (nSPS) is 11.1. The van der Waals surface area contributed by atoms with Crippen LogP contribution in [0.2, 0.25) is 0 Å². The quantitative estimate of drug-likeness (QED) is 0.699. The van der Waals surface area contributed by atoms with Gasteiger partial charge in [0.05, 0.1) is 12.3 Å². The molecular weight excluding hydrogens is 204 g/mol. The van der Waals surface area contributed by atoms with Gasteiger partial charge in [0.1, 0.15) is 0 Å². The number of hydrogen-bond acceptors (Lipinski definition) is 4. The van der Waals surface area contributed by atoms with E-state index in [-0.39, 0.29) is 0 Å². The van der Waals surface area contributed by atoms with Crippen LogP contribution in [0.3, 0.4) is 0 Å². The van der Waals surface area contributed by atoms with Crippen LogP contribution >= 0.6 is 0 Å². The van der Waals surface area contributed by atoms with Crippen molar-refractivity contribution in [1.29, 1.82) is 0 Å². The number of aromatic nitrogens is 2. The zero-order chi connectivity index (χ0) is 12.0. The number of aryl methyl sites for hydroxylation is 1. The molecule has 0 atom stereocenters. The third kappa shape index (κ3) is 4.20. The summed E-state index contributed by atoms with van der Waals surface area (Å²) >= 11 is 0. The predicted molar refractivity (Wildman–Crippen MR) is 65.9 cm³/mol. The van der Waals surface area contributed by atoms with Crippen LogP contribution in [0, 0.1) is 6.92 Å². The number of anilines is 1. The van der Waals surface area contributed by atoms with Crippen molar-refractivity contribution in [2.45, 2.75) is 13.5 Å². The Kier molecular flexibility index (Phi) is 5.28. The zero-order valence-electron chi connectivity index (χ0n) is 10.7. The molecule has 1 rings (SSSR count). The van der Waals surface area contributed by atoms with Gasteiger partial charge in [0.2, 0.25) is 5.95 Å². The molecule has 0 aliphatic heterocycles. The molecular formula is C11H22N4O. The summed E-state index contributed by atoms with van der Waals surface area (Å²) in [4.78, 5) is 6.60. The summed E-state index contributed by atoms with van der Waals surface area (Å²) in [5.74, 6) is 0.927. The number of nitrogens with zero attached hydrogens (tertiary/aromatic N) is 3. The van der Waals surface area contributed by atoms with Gasteiger partial charge in [0, 0.05) is 32.9 Å². The smallest absolute Gasteiger partial charge is 0.203 e. The molecule has 0 spiro atoms. The van der Waals surface area contributed by atoms with Crippen molar-refractivity contribution in [3.63, 3.8) is 0 Å².